The predicted octanol–water partition coefficient (Wildman–Crippen LogP) is 3.72. The summed E-state index contributed by atoms with van der Waals surface area (Å²) in [4.78, 5) is 6.69. The highest BCUT2D eigenvalue weighted by molar-refractivity contribution is 9.10. The lowest BCUT2D eigenvalue weighted by Crippen LogP contribution is -2.45. The zero-order chi connectivity index (χ0) is 14.7. The van der Waals surface area contributed by atoms with Gasteiger partial charge in [-0.3, -0.25) is 9.88 Å². The van der Waals surface area contributed by atoms with E-state index in [1.165, 1.54) is 16.7 Å². The second-order valence-corrected chi connectivity index (χ2v) is 6.46. The van der Waals surface area contributed by atoms with Crippen LogP contribution < -0.4 is 5.32 Å². The topological polar surface area (TPSA) is 28.2 Å². The van der Waals surface area contributed by atoms with Crippen molar-refractivity contribution < 1.29 is 0 Å². The maximum absolute atomic E-state index is 4.13. The molecule has 1 N–H and O–H groups in total. The Morgan fingerprint density at radius 3 is 2.77 bits per heavy atom. The molecule has 2 heterocycles. The monoisotopic (exact) mass is 381 g/mol. The highest BCUT2D eigenvalue weighted by atomic mass is 79.9. The minimum absolute atomic E-state index is 0. The molecule has 2 aromatic rings. The van der Waals surface area contributed by atoms with Gasteiger partial charge in [-0.05, 0) is 47.9 Å². The number of rotatable bonds is 3. The number of aryl methyl sites for hydroxylation is 1. The molecule has 1 aromatic carbocycles. The summed E-state index contributed by atoms with van der Waals surface area (Å²) in [5, 5.41) is 3.50. The average molecular weight is 383 g/mol. The van der Waals surface area contributed by atoms with Crippen LogP contribution in [0.15, 0.2) is 47.2 Å². The van der Waals surface area contributed by atoms with Crippen LogP contribution in [-0.2, 0) is 6.54 Å². The summed E-state index contributed by atoms with van der Waals surface area (Å²) in [6, 6.07) is 11.2. The van der Waals surface area contributed by atoms with E-state index in [-0.39, 0.29) is 12.4 Å². The molecule has 22 heavy (non-hydrogen) atoms. The number of aromatic nitrogens is 1. The molecule has 5 heteroatoms. The first-order valence-corrected chi connectivity index (χ1v) is 8.13. The predicted molar refractivity (Wildman–Crippen MR) is 96.4 cm³/mol. The Labute approximate surface area is 146 Å². The summed E-state index contributed by atoms with van der Waals surface area (Å²) >= 11 is 3.54. The first-order chi connectivity index (χ1) is 10.2. The molecule has 118 valence electrons. The van der Waals surface area contributed by atoms with Crippen LogP contribution in [0.5, 0.6) is 0 Å². The highest BCUT2D eigenvalue weighted by Gasteiger charge is 2.24. The molecule has 1 aliphatic heterocycles. The van der Waals surface area contributed by atoms with E-state index in [1.54, 1.807) is 0 Å². The molecule has 1 aromatic heterocycles. The molecule has 1 fully saturated rings. The molecule has 0 bridgehead atoms. The summed E-state index contributed by atoms with van der Waals surface area (Å²) in [6.07, 6.45) is 3.76. The van der Waals surface area contributed by atoms with Gasteiger partial charge < -0.3 is 5.32 Å². The SMILES string of the molecule is Cc1cc(Br)ccc1CN1CCNCC1c1ccncc1.Cl. The zero-order valence-electron chi connectivity index (χ0n) is 12.6. The Balaban J connectivity index is 0.00000176. The maximum atomic E-state index is 4.13. The third-order valence-corrected chi connectivity index (χ3v) is 4.62. The minimum Gasteiger partial charge on any atom is -0.314 e. The first kappa shape index (κ1) is 17.4. The maximum Gasteiger partial charge on any atom is 0.0477 e. The second kappa shape index (κ2) is 8.06. The molecule has 0 aliphatic carbocycles. The molecule has 3 nitrogen and oxygen atoms in total. The van der Waals surface area contributed by atoms with Gasteiger partial charge in [0.1, 0.15) is 0 Å². The molecular weight excluding hydrogens is 362 g/mol. The standard InChI is InChI=1S/C17H20BrN3.ClH/c1-13-10-16(18)3-2-15(13)12-21-9-8-20-11-17(21)14-4-6-19-7-5-14;/h2-7,10,17,20H,8-9,11-12H2,1H3;1H. The van der Waals surface area contributed by atoms with Crippen LogP contribution in [0.1, 0.15) is 22.7 Å². The van der Waals surface area contributed by atoms with Crippen LogP contribution >= 0.6 is 28.3 Å². The lowest BCUT2D eigenvalue weighted by Gasteiger charge is -2.36. The van der Waals surface area contributed by atoms with Crippen molar-refractivity contribution in [2.45, 2.75) is 19.5 Å². The number of nitrogens with one attached hydrogen (secondary N) is 1. The van der Waals surface area contributed by atoms with Crippen molar-refractivity contribution in [2.24, 2.45) is 0 Å². The van der Waals surface area contributed by atoms with Gasteiger partial charge in [0.15, 0.2) is 0 Å². The van der Waals surface area contributed by atoms with Crippen LogP contribution in [0.3, 0.4) is 0 Å². The number of benzene rings is 1. The number of pyridine rings is 1. The average Bonchev–Trinajstić information content (AvgIpc) is 2.51. The van der Waals surface area contributed by atoms with E-state index >= 15 is 0 Å². The molecule has 3 rings (SSSR count). The van der Waals surface area contributed by atoms with Crippen LogP contribution in [0.25, 0.3) is 0 Å². The van der Waals surface area contributed by atoms with Gasteiger partial charge in [-0.1, -0.05) is 22.0 Å². The molecule has 0 radical (unpaired) electrons. The Hall–Kier alpha value is -0.940. The number of nitrogens with zero attached hydrogens (tertiary/aromatic N) is 2. The van der Waals surface area contributed by atoms with Gasteiger partial charge in [0.2, 0.25) is 0 Å². The van der Waals surface area contributed by atoms with Gasteiger partial charge in [0, 0.05) is 49.1 Å². The third kappa shape index (κ3) is 4.07. The van der Waals surface area contributed by atoms with Gasteiger partial charge in [0.05, 0.1) is 0 Å². The van der Waals surface area contributed by atoms with Gasteiger partial charge in [-0.15, -0.1) is 12.4 Å². The van der Waals surface area contributed by atoms with Gasteiger partial charge >= 0.3 is 0 Å². The second-order valence-electron chi connectivity index (χ2n) is 5.54. The van der Waals surface area contributed by atoms with Crippen LogP contribution in [0.2, 0.25) is 0 Å². The van der Waals surface area contributed by atoms with E-state index in [0.29, 0.717) is 6.04 Å². The van der Waals surface area contributed by atoms with E-state index in [1.807, 2.05) is 12.4 Å². The highest BCUT2D eigenvalue weighted by Crippen LogP contribution is 2.25. The van der Waals surface area contributed by atoms with Crippen LogP contribution in [-0.4, -0.2) is 29.5 Å². The van der Waals surface area contributed by atoms with Crippen LogP contribution in [0.4, 0.5) is 0 Å². The molecule has 0 saturated carbocycles. The molecule has 0 amide bonds. The smallest absolute Gasteiger partial charge is 0.0477 e. The van der Waals surface area contributed by atoms with Crippen molar-refractivity contribution >= 4 is 28.3 Å². The lowest BCUT2D eigenvalue weighted by molar-refractivity contribution is 0.153. The van der Waals surface area contributed by atoms with Crippen LogP contribution in [0, 0.1) is 6.92 Å². The Morgan fingerprint density at radius 2 is 2.05 bits per heavy atom. The fraction of sp³-hybridized carbons (Fsp3) is 0.353. The van der Waals surface area contributed by atoms with Crippen molar-refractivity contribution in [1.82, 2.24) is 15.2 Å². The van der Waals surface area contributed by atoms with Gasteiger partial charge in [-0.2, -0.15) is 0 Å². The molecule has 1 saturated heterocycles. The van der Waals surface area contributed by atoms with E-state index in [2.05, 4.69) is 68.4 Å². The normalized spacial score (nSPS) is 18.7. The number of hydrogen-bond acceptors (Lipinski definition) is 3. The number of halogens is 2. The summed E-state index contributed by atoms with van der Waals surface area (Å²) in [7, 11) is 0. The zero-order valence-corrected chi connectivity index (χ0v) is 15.0. The largest absolute Gasteiger partial charge is 0.314 e. The van der Waals surface area contributed by atoms with Crippen molar-refractivity contribution in [3.63, 3.8) is 0 Å². The number of hydrogen-bond donors (Lipinski definition) is 1. The lowest BCUT2D eigenvalue weighted by atomic mass is 10.0. The van der Waals surface area contributed by atoms with Crippen molar-refractivity contribution in [1.29, 1.82) is 0 Å². The van der Waals surface area contributed by atoms with E-state index in [9.17, 15) is 0 Å². The van der Waals surface area contributed by atoms with Crippen molar-refractivity contribution in [3.8, 4) is 0 Å². The van der Waals surface area contributed by atoms with E-state index < -0.39 is 0 Å². The fourth-order valence-electron chi connectivity index (χ4n) is 2.91. The Bertz CT molecular complexity index is 606. The van der Waals surface area contributed by atoms with Crippen molar-refractivity contribution in [3.05, 3.63) is 63.9 Å². The quantitative estimate of drug-likeness (QED) is 0.877. The van der Waals surface area contributed by atoms with Crippen molar-refractivity contribution in [2.75, 3.05) is 19.6 Å². The summed E-state index contributed by atoms with van der Waals surface area (Å²) in [6.45, 7) is 6.30. The molecule has 1 aliphatic rings. The fourth-order valence-corrected chi connectivity index (χ4v) is 3.38. The van der Waals surface area contributed by atoms with Gasteiger partial charge in [-0.25, -0.2) is 0 Å². The Kier molecular flexibility index (Phi) is 6.38. The Morgan fingerprint density at radius 1 is 1.27 bits per heavy atom. The van der Waals surface area contributed by atoms with E-state index in [0.717, 1.165) is 30.7 Å². The van der Waals surface area contributed by atoms with E-state index in [4.69, 9.17) is 0 Å². The summed E-state index contributed by atoms with van der Waals surface area (Å²) < 4.78 is 1.15. The minimum atomic E-state index is 0. The summed E-state index contributed by atoms with van der Waals surface area (Å²) in [5.41, 5.74) is 4.09. The first-order valence-electron chi connectivity index (χ1n) is 7.34. The molecular formula is C17H21BrClN3. The summed E-state index contributed by atoms with van der Waals surface area (Å²) in [5.74, 6) is 0. The molecule has 1 unspecified atom stereocenters. The molecule has 0 spiro atoms. The van der Waals surface area contributed by atoms with Gasteiger partial charge in [0.25, 0.3) is 0 Å². The third-order valence-electron chi connectivity index (χ3n) is 4.12. The molecule has 1 atom stereocenters. The number of piperazine rings is 1.